The molecule has 1 aromatic carbocycles. The molecule has 1 heterocycles. The Morgan fingerprint density at radius 1 is 1.52 bits per heavy atom. The van der Waals surface area contributed by atoms with Gasteiger partial charge in [0, 0.05) is 37.2 Å². The standard InChI is InChI=1S/C15H21ClN2O3/c1-10(15(19)17-4-6-20-2)18-9-12-8-13(16)7-11-3-5-21-14(11)12/h7-8,10,18H,3-6,9H2,1-2H3,(H,17,19). The maximum atomic E-state index is 11.9. The first-order valence-electron chi connectivity index (χ1n) is 7.06. The third kappa shape index (κ3) is 4.33. The van der Waals surface area contributed by atoms with E-state index in [4.69, 9.17) is 21.1 Å². The third-order valence-corrected chi connectivity index (χ3v) is 3.64. The molecule has 1 aromatic rings. The Morgan fingerprint density at radius 2 is 2.33 bits per heavy atom. The van der Waals surface area contributed by atoms with Crippen LogP contribution in [-0.2, 0) is 22.5 Å². The van der Waals surface area contributed by atoms with Crippen LogP contribution in [0, 0.1) is 0 Å². The molecule has 0 aromatic heterocycles. The van der Waals surface area contributed by atoms with E-state index < -0.39 is 0 Å². The molecule has 1 atom stereocenters. The number of methoxy groups -OCH3 is 1. The van der Waals surface area contributed by atoms with Crippen LogP contribution < -0.4 is 15.4 Å². The zero-order chi connectivity index (χ0) is 15.2. The summed E-state index contributed by atoms with van der Waals surface area (Å²) in [5.74, 6) is 0.852. The molecule has 1 unspecified atom stereocenters. The van der Waals surface area contributed by atoms with Crippen molar-refractivity contribution < 1.29 is 14.3 Å². The van der Waals surface area contributed by atoms with Crippen molar-refractivity contribution in [2.45, 2.75) is 25.9 Å². The molecule has 6 heteroatoms. The van der Waals surface area contributed by atoms with Gasteiger partial charge in [-0.25, -0.2) is 0 Å². The van der Waals surface area contributed by atoms with E-state index in [1.165, 1.54) is 0 Å². The topological polar surface area (TPSA) is 59.6 Å². The van der Waals surface area contributed by atoms with Crippen LogP contribution in [0.25, 0.3) is 0 Å². The summed E-state index contributed by atoms with van der Waals surface area (Å²) >= 11 is 6.11. The summed E-state index contributed by atoms with van der Waals surface area (Å²) in [5, 5.41) is 6.69. The maximum Gasteiger partial charge on any atom is 0.236 e. The molecule has 1 aliphatic rings. The van der Waals surface area contributed by atoms with Gasteiger partial charge in [0.2, 0.25) is 5.91 Å². The van der Waals surface area contributed by atoms with E-state index in [0.29, 0.717) is 31.3 Å². The van der Waals surface area contributed by atoms with Crippen molar-refractivity contribution in [2.24, 2.45) is 0 Å². The highest BCUT2D eigenvalue weighted by molar-refractivity contribution is 6.30. The fourth-order valence-corrected chi connectivity index (χ4v) is 2.53. The Labute approximate surface area is 130 Å². The van der Waals surface area contributed by atoms with Gasteiger partial charge in [-0.05, 0) is 24.6 Å². The number of carbonyl (C=O) groups excluding carboxylic acids is 1. The predicted molar refractivity (Wildman–Crippen MR) is 81.8 cm³/mol. The molecular weight excluding hydrogens is 292 g/mol. The van der Waals surface area contributed by atoms with Crippen molar-refractivity contribution >= 4 is 17.5 Å². The Bertz CT molecular complexity index is 508. The first-order chi connectivity index (χ1) is 10.1. The van der Waals surface area contributed by atoms with Crippen LogP contribution in [-0.4, -0.2) is 38.8 Å². The van der Waals surface area contributed by atoms with Crippen molar-refractivity contribution in [3.8, 4) is 5.75 Å². The van der Waals surface area contributed by atoms with Crippen LogP contribution in [0.3, 0.4) is 0 Å². The van der Waals surface area contributed by atoms with Crippen molar-refractivity contribution in [2.75, 3.05) is 26.9 Å². The average Bonchev–Trinajstić information content (AvgIpc) is 2.92. The summed E-state index contributed by atoms with van der Waals surface area (Å²) in [4.78, 5) is 11.9. The summed E-state index contributed by atoms with van der Waals surface area (Å²) in [6.07, 6.45) is 0.885. The lowest BCUT2D eigenvalue weighted by Crippen LogP contribution is -2.42. The first kappa shape index (κ1) is 16.1. The lowest BCUT2D eigenvalue weighted by molar-refractivity contribution is -0.122. The lowest BCUT2D eigenvalue weighted by atomic mass is 10.1. The molecule has 21 heavy (non-hydrogen) atoms. The molecule has 0 saturated carbocycles. The van der Waals surface area contributed by atoms with Gasteiger partial charge in [0.15, 0.2) is 0 Å². The molecule has 0 aliphatic carbocycles. The number of ether oxygens (including phenoxy) is 2. The van der Waals surface area contributed by atoms with Gasteiger partial charge in [-0.1, -0.05) is 11.6 Å². The summed E-state index contributed by atoms with van der Waals surface area (Å²) in [6, 6.07) is 3.53. The molecule has 2 rings (SSSR count). The van der Waals surface area contributed by atoms with Crippen LogP contribution in [0.1, 0.15) is 18.1 Å². The number of halogens is 1. The fraction of sp³-hybridized carbons (Fsp3) is 0.533. The largest absolute Gasteiger partial charge is 0.493 e. The molecule has 2 N–H and O–H groups in total. The van der Waals surface area contributed by atoms with Gasteiger partial charge < -0.3 is 20.1 Å². The second-order valence-electron chi connectivity index (χ2n) is 5.04. The average molecular weight is 313 g/mol. The Hall–Kier alpha value is -1.30. The highest BCUT2D eigenvalue weighted by Gasteiger charge is 2.19. The Morgan fingerprint density at radius 3 is 3.10 bits per heavy atom. The number of benzene rings is 1. The minimum absolute atomic E-state index is 0.0494. The van der Waals surface area contributed by atoms with E-state index in [1.54, 1.807) is 7.11 Å². The van der Waals surface area contributed by atoms with Crippen LogP contribution in [0.5, 0.6) is 5.75 Å². The molecule has 1 aliphatic heterocycles. The van der Waals surface area contributed by atoms with E-state index in [1.807, 2.05) is 19.1 Å². The molecule has 1 amide bonds. The van der Waals surface area contributed by atoms with E-state index in [9.17, 15) is 4.79 Å². The van der Waals surface area contributed by atoms with E-state index in [2.05, 4.69) is 10.6 Å². The van der Waals surface area contributed by atoms with Gasteiger partial charge in [-0.2, -0.15) is 0 Å². The van der Waals surface area contributed by atoms with Gasteiger partial charge in [0.1, 0.15) is 5.75 Å². The van der Waals surface area contributed by atoms with Gasteiger partial charge in [-0.3, -0.25) is 4.79 Å². The van der Waals surface area contributed by atoms with Crippen LogP contribution >= 0.6 is 11.6 Å². The van der Waals surface area contributed by atoms with Crippen molar-refractivity contribution in [1.82, 2.24) is 10.6 Å². The van der Waals surface area contributed by atoms with Gasteiger partial charge in [0.25, 0.3) is 0 Å². The van der Waals surface area contributed by atoms with Crippen LogP contribution in [0.15, 0.2) is 12.1 Å². The summed E-state index contributed by atoms with van der Waals surface area (Å²) in [5.41, 5.74) is 2.13. The molecule has 0 fully saturated rings. The highest BCUT2D eigenvalue weighted by atomic mass is 35.5. The second kappa shape index (κ2) is 7.64. The molecule has 5 nitrogen and oxygen atoms in total. The normalized spacial score (nSPS) is 14.4. The zero-order valence-corrected chi connectivity index (χ0v) is 13.1. The molecular formula is C15H21ClN2O3. The second-order valence-corrected chi connectivity index (χ2v) is 5.47. The molecule has 0 radical (unpaired) electrons. The minimum Gasteiger partial charge on any atom is -0.493 e. The van der Waals surface area contributed by atoms with Crippen molar-refractivity contribution in [3.63, 3.8) is 0 Å². The number of carbonyl (C=O) groups is 1. The van der Waals surface area contributed by atoms with E-state index in [0.717, 1.165) is 23.3 Å². The number of hydrogen-bond donors (Lipinski definition) is 2. The van der Waals surface area contributed by atoms with Crippen LogP contribution in [0.2, 0.25) is 5.02 Å². The third-order valence-electron chi connectivity index (χ3n) is 3.42. The first-order valence-corrected chi connectivity index (χ1v) is 7.43. The quantitative estimate of drug-likeness (QED) is 0.749. The smallest absolute Gasteiger partial charge is 0.236 e. The predicted octanol–water partition coefficient (Wildman–Crippen LogP) is 1.52. The van der Waals surface area contributed by atoms with Gasteiger partial charge >= 0.3 is 0 Å². The van der Waals surface area contributed by atoms with Gasteiger partial charge in [-0.15, -0.1) is 0 Å². The van der Waals surface area contributed by atoms with Crippen molar-refractivity contribution in [3.05, 3.63) is 28.3 Å². The lowest BCUT2D eigenvalue weighted by Gasteiger charge is -2.15. The number of fused-ring (bicyclic) bond motifs is 1. The number of amides is 1. The molecule has 116 valence electrons. The summed E-state index contributed by atoms with van der Waals surface area (Å²) in [7, 11) is 1.60. The summed E-state index contributed by atoms with van der Waals surface area (Å²) in [6.45, 7) is 4.08. The molecule has 0 saturated heterocycles. The van der Waals surface area contributed by atoms with Crippen LogP contribution in [0.4, 0.5) is 0 Å². The van der Waals surface area contributed by atoms with Gasteiger partial charge in [0.05, 0.1) is 19.3 Å². The Balaban J connectivity index is 1.90. The molecule has 0 spiro atoms. The number of rotatable bonds is 7. The number of nitrogens with one attached hydrogen (secondary N) is 2. The highest BCUT2D eigenvalue weighted by Crippen LogP contribution is 2.32. The maximum absolute atomic E-state index is 11.9. The Kier molecular flexibility index (Phi) is 5.85. The van der Waals surface area contributed by atoms with Crippen molar-refractivity contribution in [1.29, 1.82) is 0 Å². The molecule has 0 bridgehead atoms. The minimum atomic E-state index is -0.294. The fourth-order valence-electron chi connectivity index (χ4n) is 2.26. The zero-order valence-electron chi connectivity index (χ0n) is 12.4. The summed E-state index contributed by atoms with van der Waals surface area (Å²) < 4.78 is 10.5. The monoisotopic (exact) mass is 312 g/mol. The van der Waals surface area contributed by atoms with E-state index >= 15 is 0 Å². The SMILES string of the molecule is COCCNC(=O)C(C)NCc1cc(Cl)cc2c1OCC2. The van der Waals surface area contributed by atoms with E-state index in [-0.39, 0.29) is 11.9 Å². The number of hydrogen-bond acceptors (Lipinski definition) is 4.